The third kappa shape index (κ3) is 3.58. The molecule has 98 valence electrons. The first-order valence-electron chi connectivity index (χ1n) is 5.05. The van der Waals surface area contributed by atoms with Crippen LogP contribution in [-0.2, 0) is 14.3 Å². The van der Waals surface area contributed by atoms with Crippen LogP contribution in [0.3, 0.4) is 0 Å². The molecule has 2 atom stereocenters. The topological polar surface area (TPSA) is 67.4 Å². The molecular formula is C9H13F3N2O3. The zero-order valence-corrected chi connectivity index (χ0v) is 9.13. The van der Waals surface area contributed by atoms with Gasteiger partial charge in [-0.3, -0.25) is 9.59 Å². The minimum atomic E-state index is -4.95. The van der Waals surface area contributed by atoms with E-state index in [1.165, 1.54) is 0 Å². The number of carbonyl (C=O) groups is 2. The van der Waals surface area contributed by atoms with E-state index in [1.807, 2.05) is 0 Å². The highest BCUT2D eigenvalue weighted by atomic mass is 19.4. The average molecular weight is 254 g/mol. The molecule has 1 aliphatic rings. The highest BCUT2D eigenvalue weighted by molar-refractivity contribution is 5.84. The monoisotopic (exact) mass is 254 g/mol. The number of amides is 1. The van der Waals surface area contributed by atoms with Gasteiger partial charge in [0.1, 0.15) is 6.04 Å². The van der Waals surface area contributed by atoms with Crippen LogP contribution in [0.2, 0.25) is 0 Å². The van der Waals surface area contributed by atoms with Crippen LogP contribution in [0.15, 0.2) is 0 Å². The molecular weight excluding hydrogens is 241 g/mol. The molecule has 0 radical (unpaired) electrons. The van der Waals surface area contributed by atoms with E-state index in [0.29, 0.717) is 19.4 Å². The number of halogens is 3. The van der Waals surface area contributed by atoms with E-state index in [2.05, 4.69) is 10.1 Å². The molecule has 2 unspecified atom stereocenters. The molecule has 0 spiro atoms. The minimum Gasteiger partial charge on any atom is -0.468 e. The van der Waals surface area contributed by atoms with Crippen LogP contribution in [0.5, 0.6) is 0 Å². The molecule has 8 heteroatoms. The summed E-state index contributed by atoms with van der Waals surface area (Å²) in [6.45, 7) is 0.498. The Bertz CT molecular complexity index is 306. The molecule has 1 heterocycles. The molecule has 1 amide bonds. The molecule has 5 nitrogen and oxygen atoms in total. The summed E-state index contributed by atoms with van der Waals surface area (Å²) >= 11 is 0. The maximum Gasteiger partial charge on any atom is 0.471 e. The molecule has 0 bridgehead atoms. The van der Waals surface area contributed by atoms with E-state index < -0.39 is 30.1 Å². The second kappa shape index (κ2) is 5.35. The van der Waals surface area contributed by atoms with Crippen LogP contribution in [-0.4, -0.2) is 43.8 Å². The molecule has 17 heavy (non-hydrogen) atoms. The number of esters is 1. The Hall–Kier alpha value is -1.31. The van der Waals surface area contributed by atoms with Gasteiger partial charge < -0.3 is 15.4 Å². The fourth-order valence-corrected chi connectivity index (χ4v) is 1.67. The van der Waals surface area contributed by atoms with Gasteiger partial charge in [-0.1, -0.05) is 0 Å². The van der Waals surface area contributed by atoms with Gasteiger partial charge >= 0.3 is 18.1 Å². The largest absolute Gasteiger partial charge is 0.471 e. The van der Waals surface area contributed by atoms with Crippen molar-refractivity contribution in [3.8, 4) is 0 Å². The number of hydrogen-bond acceptors (Lipinski definition) is 4. The van der Waals surface area contributed by atoms with E-state index in [9.17, 15) is 22.8 Å². The Labute approximate surface area is 95.7 Å². The molecule has 1 rings (SSSR count). The Balaban J connectivity index is 2.66. The number of rotatable bonds is 2. The lowest BCUT2D eigenvalue weighted by atomic mass is 9.98. The third-order valence-corrected chi connectivity index (χ3v) is 2.49. The zero-order chi connectivity index (χ0) is 13.1. The molecule has 1 aliphatic heterocycles. The van der Waals surface area contributed by atoms with Gasteiger partial charge in [0.2, 0.25) is 0 Å². The van der Waals surface area contributed by atoms with E-state index >= 15 is 0 Å². The van der Waals surface area contributed by atoms with Crippen LogP contribution in [0.4, 0.5) is 13.2 Å². The molecule has 0 aromatic carbocycles. The van der Waals surface area contributed by atoms with Crippen LogP contribution < -0.4 is 10.6 Å². The molecule has 0 saturated carbocycles. The molecule has 0 aromatic rings. The minimum absolute atomic E-state index is 0.300. The molecule has 1 saturated heterocycles. The zero-order valence-electron chi connectivity index (χ0n) is 9.13. The second-order valence-electron chi connectivity index (χ2n) is 3.67. The SMILES string of the molecule is COC(=O)C1NCCCC1NC(=O)C(F)(F)F. The van der Waals surface area contributed by atoms with Gasteiger partial charge in [-0.15, -0.1) is 0 Å². The normalized spacial score (nSPS) is 25.2. The van der Waals surface area contributed by atoms with Crippen LogP contribution in [0, 0.1) is 0 Å². The summed E-state index contributed by atoms with van der Waals surface area (Å²) in [5.41, 5.74) is 0. The Kier molecular flexibility index (Phi) is 4.33. The van der Waals surface area contributed by atoms with Crippen molar-refractivity contribution in [2.75, 3.05) is 13.7 Å². The maximum atomic E-state index is 12.1. The van der Waals surface area contributed by atoms with Gasteiger partial charge in [-0.25, -0.2) is 0 Å². The van der Waals surface area contributed by atoms with Gasteiger partial charge in [-0.05, 0) is 19.4 Å². The molecule has 0 aromatic heterocycles. The Morgan fingerprint density at radius 2 is 2.06 bits per heavy atom. The first-order valence-corrected chi connectivity index (χ1v) is 5.05. The molecule has 2 N–H and O–H groups in total. The van der Waals surface area contributed by atoms with E-state index in [0.717, 1.165) is 7.11 Å². The van der Waals surface area contributed by atoms with Gasteiger partial charge in [0, 0.05) is 0 Å². The van der Waals surface area contributed by atoms with Gasteiger partial charge in [0.25, 0.3) is 0 Å². The smallest absolute Gasteiger partial charge is 0.468 e. The number of nitrogens with one attached hydrogen (secondary N) is 2. The summed E-state index contributed by atoms with van der Waals surface area (Å²) in [7, 11) is 1.14. The van der Waals surface area contributed by atoms with Gasteiger partial charge in [0.15, 0.2) is 0 Å². The van der Waals surface area contributed by atoms with Crippen molar-refractivity contribution < 1.29 is 27.5 Å². The molecule has 0 aliphatic carbocycles. The second-order valence-corrected chi connectivity index (χ2v) is 3.67. The highest BCUT2D eigenvalue weighted by Gasteiger charge is 2.42. The third-order valence-electron chi connectivity index (χ3n) is 2.49. The maximum absolute atomic E-state index is 12.1. The number of ether oxygens (including phenoxy) is 1. The predicted molar refractivity (Wildman–Crippen MR) is 51.0 cm³/mol. The number of methoxy groups -OCH3 is 1. The lowest BCUT2D eigenvalue weighted by Crippen LogP contribution is -2.59. The summed E-state index contributed by atoms with van der Waals surface area (Å²) in [5.74, 6) is -2.72. The fourth-order valence-electron chi connectivity index (χ4n) is 1.67. The lowest BCUT2D eigenvalue weighted by Gasteiger charge is -2.31. The average Bonchev–Trinajstić information content (AvgIpc) is 2.27. The quantitative estimate of drug-likeness (QED) is 0.678. The van der Waals surface area contributed by atoms with Crippen molar-refractivity contribution in [3.63, 3.8) is 0 Å². The van der Waals surface area contributed by atoms with E-state index in [1.54, 1.807) is 5.32 Å². The van der Waals surface area contributed by atoms with Crippen molar-refractivity contribution in [2.45, 2.75) is 31.1 Å². The number of carbonyl (C=O) groups excluding carboxylic acids is 2. The number of alkyl halides is 3. The van der Waals surface area contributed by atoms with Crippen molar-refractivity contribution >= 4 is 11.9 Å². The Morgan fingerprint density at radius 1 is 1.41 bits per heavy atom. The number of hydrogen-bond donors (Lipinski definition) is 2. The standard InChI is InChI=1S/C9H13F3N2O3/c1-17-7(15)6-5(3-2-4-13-6)14-8(16)9(10,11)12/h5-6,13H,2-4H2,1H3,(H,14,16). The number of piperidine rings is 1. The van der Waals surface area contributed by atoms with Crippen molar-refractivity contribution in [1.82, 2.24) is 10.6 Å². The van der Waals surface area contributed by atoms with Crippen molar-refractivity contribution in [1.29, 1.82) is 0 Å². The summed E-state index contributed by atoms with van der Waals surface area (Å²) in [5, 5.41) is 4.52. The fraction of sp³-hybridized carbons (Fsp3) is 0.778. The summed E-state index contributed by atoms with van der Waals surface area (Å²) in [4.78, 5) is 22.1. The summed E-state index contributed by atoms with van der Waals surface area (Å²) < 4.78 is 40.6. The predicted octanol–water partition coefficient (Wildman–Crippen LogP) is -0.0415. The van der Waals surface area contributed by atoms with Crippen LogP contribution in [0.25, 0.3) is 0 Å². The highest BCUT2D eigenvalue weighted by Crippen LogP contribution is 2.17. The van der Waals surface area contributed by atoms with Crippen LogP contribution in [0.1, 0.15) is 12.8 Å². The van der Waals surface area contributed by atoms with E-state index in [-0.39, 0.29) is 0 Å². The van der Waals surface area contributed by atoms with E-state index in [4.69, 9.17) is 0 Å². The van der Waals surface area contributed by atoms with Gasteiger partial charge in [0.05, 0.1) is 13.2 Å². The summed E-state index contributed by atoms with van der Waals surface area (Å²) in [6.07, 6.45) is -4.07. The lowest BCUT2D eigenvalue weighted by molar-refractivity contribution is -0.175. The first kappa shape index (κ1) is 13.8. The van der Waals surface area contributed by atoms with Gasteiger partial charge in [-0.2, -0.15) is 13.2 Å². The van der Waals surface area contributed by atoms with Crippen molar-refractivity contribution in [2.24, 2.45) is 0 Å². The molecule has 1 fully saturated rings. The van der Waals surface area contributed by atoms with Crippen LogP contribution >= 0.6 is 0 Å². The summed E-state index contributed by atoms with van der Waals surface area (Å²) in [6, 6.07) is -1.83. The Morgan fingerprint density at radius 3 is 2.59 bits per heavy atom. The first-order chi connectivity index (χ1) is 7.86. The van der Waals surface area contributed by atoms with Crippen molar-refractivity contribution in [3.05, 3.63) is 0 Å².